The zero-order valence-corrected chi connectivity index (χ0v) is 10.9. The molecule has 0 radical (unpaired) electrons. The molecule has 0 amide bonds. The largest absolute Gasteiger partial charge is 0.423 e. The molecule has 2 aromatic carbocycles. The normalized spacial score (nSPS) is 11.2. The van der Waals surface area contributed by atoms with Crippen molar-refractivity contribution >= 4 is 21.7 Å². The van der Waals surface area contributed by atoms with Gasteiger partial charge in [0.25, 0.3) is 0 Å². The summed E-state index contributed by atoms with van der Waals surface area (Å²) in [4.78, 5) is 11.6. The molecule has 1 heterocycles. The summed E-state index contributed by atoms with van der Waals surface area (Å²) in [6, 6.07) is 13.3. The third kappa shape index (κ3) is 2.31. The van der Waals surface area contributed by atoms with Crippen LogP contribution in [0.1, 0.15) is 5.56 Å². The Morgan fingerprint density at radius 1 is 1.15 bits per heavy atom. The third-order valence-corrected chi connectivity index (χ3v) is 3.32. The fraction of sp³-hybridized carbons (Fsp3) is 0.188. The van der Waals surface area contributed by atoms with E-state index >= 15 is 0 Å². The number of benzene rings is 2. The fourth-order valence-electron chi connectivity index (χ4n) is 2.46. The molecule has 0 unspecified atom stereocenters. The van der Waals surface area contributed by atoms with Crippen LogP contribution in [0, 0.1) is 0 Å². The Morgan fingerprint density at radius 3 is 2.85 bits per heavy atom. The van der Waals surface area contributed by atoms with Crippen molar-refractivity contribution in [1.29, 1.82) is 0 Å². The fourth-order valence-corrected chi connectivity index (χ4v) is 2.46. The van der Waals surface area contributed by atoms with Gasteiger partial charge in [-0.15, -0.1) is 0 Å². The molecule has 1 aromatic heterocycles. The number of aliphatic hydroxyl groups excluding tert-OH is 1. The van der Waals surface area contributed by atoms with Gasteiger partial charge in [0.05, 0.1) is 6.61 Å². The van der Waals surface area contributed by atoms with E-state index in [1.54, 1.807) is 0 Å². The van der Waals surface area contributed by atoms with E-state index in [2.05, 4.69) is 5.32 Å². The van der Waals surface area contributed by atoms with E-state index in [1.807, 2.05) is 36.4 Å². The highest BCUT2D eigenvalue weighted by molar-refractivity contribution is 6.07. The number of hydrogen-bond donors (Lipinski definition) is 2. The average Bonchev–Trinajstić information content (AvgIpc) is 2.46. The smallest absolute Gasteiger partial charge is 0.336 e. The molecular formula is C16H15NO3. The standard InChI is InChI=1S/C16H15NO3/c18-8-7-17-10-12-9-15(19)20-14-6-5-11-3-1-2-4-13(11)16(12)14/h1-6,9,17-18H,7-8,10H2. The number of fused-ring (bicyclic) bond motifs is 3. The van der Waals surface area contributed by atoms with Gasteiger partial charge in [-0.1, -0.05) is 30.3 Å². The van der Waals surface area contributed by atoms with E-state index in [0.717, 1.165) is 21.7 Å². The van der Waals surface area contributed by atoms with Crippen LogP contribution < -0.4 is 10.9 Å². The molecule has 3 rings (SSSR count). The van der Waals surface area contributed by atoms with Gasteiger partial charge in [0.15, 0.2) is 0 Å². The van der Waals surface area contributed by atoms with Crippen molar-refractivity contribution in [3.8, 4) is 0 Å². The second-order valence-corrected chi connectivity index (χ2v) is 4.65. The molecule has 3 aromatic rings. The Balaban J connectivity index is 2.25. The first-order chi connectivity index (χ1) is 9.79. The molecule has 0 fully saturated rings. The van der Waals surface area contributed by atoms with E-state index in [4.69, 9.17) is 9.52 Å². The first-order valence-electron chi connectivity index (χ1n) is 6.55. The Hall–Kier alpha value is -2.17. The highest BCUT2D eigenvalue weighted by Crippen LogP contribution is 2.27. The lowest BCUT2D eigenvalue weighted by Crippen LogP contribution is -2.18. The number of aliphatic hydroxyl groups is 1. The van der Waals surface area contributed by atoms with Gasteiger partial charge in [0.1, 0.15) is 5.58 Å². The van der Waals surface area contributed by atoms with Crippen LogP contribution >= 0.6 is 0 Å². The lowest BCUT2D eigenvalue weighted by atomic mass is 10.0. The van der Waals surface area contributed by atoms with Gasteiger partial charge in [-0.2, -0.15) is 0 Å². The SMILES string of the molecule is O=c1cc(CNCCO)c2c(ccc3ccccc32)o1. The molecule has 0 atom stereocenters. The maximum Gasteiger partial charge on any atom is 0.336 e. The van der Waals surface area contributed by atoms with E-state index in [1.165, 1.54) is 6.07 Å². The summed E-state index contributed by atoms with van der Waals surface area (Å²) in [7, 11) is 0. The highest BCUT2D eigenvalue weighted by Gasteiger charge is 2.09. The summed E-state index contributed by atoms with van der Waals surface area (Å²) < 4.78 is 5.28. The zero-order valence-electron chi connectivity index (χ0n) is 10.9. The van der Waals surface area contributed by atoms with Crippen molar-refractivity contribution < 1.29 is 9.52 Å². The lowest BCUT2D eigenvalue weighted by molar-refractivity contribution is 0.292. The quantitative estimate of drug-likeness (QED) is 0.432. The Morgan fingerprint density at radius 2 is 2.00 bits per heavy atom. The van der Waals surface area contributed by atoms with E-state index in [-0.39, 0.29) is 12.2 Å². The topological polar surface area (TPSA) is 62.5 Å². The van der Waals surface area contributed by atoms with Crippen LogP contribution in [0.25, 0.3) is 21.7 Å². The molecule has 4 heteroatoms. The lowest BCUT2D eigenvalue weighted by Gasteiger charge is -2.09. The van der Waals surface area contributed by atoms with Gasteiger partial charge < -0.3 is 14.8 Å². The number of nitrogens with one attached hydrogen (secondary N) is 1. The van der Waals surface area contributed by atoms with Crippen LogP contribution in [0.15, 0.2) is 51.7 Å². The van der Waals surface area contributed by atoms with Crippen LogP contribution in [0.3, 0.4) is 0 Å². The van der Waals surface area contributed by atoms with Gasteiger partial charge in [-0.3, -0.25) is 0 Å². The predicted octanol–water partition coefficient (Wildman–Crippen LogP) is 2.03. The molecule has 0 saturated carbocycles. The van der Waals surface area contributed by atoms with Gasteiger partial charge in [-0.05, 0) is 22.4 Å². The summed E-state index contributed by atoms with van der Waals surface area (Å²) in [5, 5.41) is 15.1. The molecule has 0 spiro atoms. The van der Waals surface area contributed by atoms with Crippen molar-refractivity contribution in [3.63, 3.8) is 0 Å². The summed E-state index contributed by atoms with van der Waals surface area (Å²) >= 11 is 0. The molecule has 0 aliphatic heterocycles. The predicted molar refractivity (Wildman–Crippen MR) is 78.8 cm³/mol. The maximum atomic E-state index is 11.6. The van der Waals surface area contributed by atoms with Gasteiger partial charge in [0, 0.05) is 24.5 Å². The highest BCUT2D eigenvalue weighted by atomic mass is 16.4. The van der Waals surface area contributed by atoms with E-state index < -0.39 is 0 Å². The minimum Gasteiger partial charge on any atom is -0.423 e. The summed E-state index contributed by atoms with van der Waals surface area (Å²) in [5.74, 6) is 0. The zero-order chi connectivity index (χ0) is 13.9. The molecule has 0 bridgehead atoms. The minimum atomic E-state index is -0.353. The monoisotopic (exact) mass is 269 g/mol. The van der Waals surface area contributed by atoms with E-state index in [9.17, 15) is 4.79 Å². The molecule has 2 N–H and O–H groups in total. The Bertz CT molecular complexity index is 808. The van der Waals surface area contributed by atoms with Crippen molar-refractivity contribution in [2.45, 2.75) is 6.54 Å². The van der Waals surface area contributed by atoms with Crippen molar-refractivity contribution in [1.82, 2.24) is 5.32 Å². The molecule has 0 aliphatic carbocycles. The molecular weight excluding hydrogens is 254 g/mol. The maximum absolute atomic E-state index is 11.6. The summed E-state index contributed by atoms with van der Waals surface area (Å²) in [5.41, 5.74) is 1.13. The van der Waals surface area contributed by atoms with Crippen molar-refractivity contribution in [2.24, 2.45) is 0 Å². The van der Waals surface area contributed by atoms with Crippen molar-refractivity contribution in [2.75, 3.05) is 13.2 Å². The van der Waals surface area contributed by atoms with Gasteiger partial charge in [-0.25, -0.2) is 4.79 Å². The average molecular weight is 269 g/mol. The van der Waals surface area contributed by atoms with Crippen LogP contribution in [0.2, 0.25) is 0 Å². The third-order valence-electron chi connectivity index (χ3n) is 3.32. The molecule has 4 nitrogen and oxygen atoms in total. The van der Waals surface area contributed by atoms with Gasteiger partial charge >= 0.3 is 5.63 Å². The Kier molecular flexibility index (Phi) is 3.50. The van der Waals surface area contributed by atoms with Crippen LogP contribution in [0.4, 0.5) is 0 Å². The van der Waals surface area contributed by atoms with Crippen LogP contribution in [0.5, 0.6) is 0 Å². The second kappa shape index (κ2) is 5.45. The van der Waals surface area contributed by atoms with Gasteiger partial charge in [0.2, 0.25) is 0 Å². The van der Waals surface area contributed by atoms with Crippen LogP contribution in [-0.4, -0.2) is 18.3 Å². The minimum absolute atomic E-state index is 0.0696. The number of rotatable bonds is 4. The molecule has 0 aliphatic rings. The first-order valence-corrected chi connectivity index (χ1v) is 6.55. The molecule has 20 heavy (non-hydrogen) atoms. The summed E-state index contributed by atoms with van der Waals surface area (Å²) in [6.45, 7) is 1.09. The van der Waals surface area contributed by atoms with Crippen molar-refractivity contribution in [3.05, 3.63) is 58.4 Å². The molecule has 0 saturated heterocycles. The number of hydrogen-bond acceptors (Lipinski definition) is 4. The molecule has 102 valence electrons. The Labute approximate surface area is 115 Å². The van der Waals surface area contributed by atoms with Crippen LogP contribution in [-0.2, 0) is 6.54 Å². The van der Waals surface area contributed by atoms with E-state index in [0.29, 0.717) is 18.7 Å². The summed E-state index contributed by atoms with van der Waals surface area (Å²) in [6.07, 6.45) is 0. The second-order valence-electron chi connectivity index (χ2n) is 4.65. The first kappa shape index (κ1) is 12.8.